The number of nitrogens with one attached hydrogen (secondary N) is 2. The zero-order chi connectivity index (χ0) is 25.2. The van der Waals surface area contributed by atoms with Crippen molar-refractivity contribution in [1.29, 1.82) is 0 Å². The Morgan fingerprint density at radius 2 is 1.59 bits per heavy atom. The van der Waals surface area contributed by atoms with E-state index in [1.807, 2.05) is 13.8 Å². The van der Waals surface area contributed by atoms with Gasteiger partial charge in [-0.2, -0.15) is 0 Å². The number of aromatic amines is 1. The molecule has 0 amide bonds. The maximum Gasteiger partial charge on any atom is 0.338 e. The van der Waals surface area contributed by atoms with Gasteiger partial charge in [-0.25, -0.2) is 13.2 Å². The van der Waals surface area contributed by atoms with Crippen LogP contribution in [0.4, 0.5) is 5.69 Å². The molecular formula is C25H26N2O6S. The number of hydrogen-bond acceptors (Lipinski definition) is 6. The fraction of sp³-hybridized carbons (Fsp3) is 0.240. The van der Waals surface area contributed by atoms with Gasteiger partial charge in [0.25, 0.3) is 10.0 Å². The molecule has 0 spiro atoms. The Kier molecular flexibility index (Phi) is 7.07. The van der Waals surface area contributed by atoms with Gasteiger partial charge in [0, 0.05) is 16.9 Å². The Hall–Kier alpha value is -3.72. The van der Waals surface area contributed by atoms with Crippen molar-refractivity contribution in [3.8, 4) is 0 Å². The number of aryl methyl sites for hydroxylation is 3. The van der Waals surface area contributed by atoms with E-state index in [2.05, 4.69) is 9.71 Å². The number of benzene rings is 2. The van der Waals surface area contributed by atoms with Gasteiger partial charge in [-0.3, -0.25) is 14.3 Å². The van der Waals surface area contributed by atoms with Crippen LogP contribution in [0, 0.1) is 27.7 Å². The summed E-state index contributed by atoms with van der Waals surface area (Å²) in [6.45, 7) is 8.00. The summed E-state index contributed by atoms with van der Waals surface area (Å²) < 4.78 is 32.8. The molecule has 0 atom stereocenters. The minimum atomic E-state index is -3.79. The number of ketones is 2. The van der Waals surface area contributed by atoms with Gasteiger partial charge in [-0.1, -0.05) is 6.07 Å². The van der Waals surface area contributed by atoms with Gasteiger partial charge in [-0.05, 0) is 87.7 Å². The van der Waals surface area contributed by atoms with Crippen LogP contribution in [0.1, 0.15) is 60.5 Å². The molecule has 2 aromatic carbocycles. The van der Waals surface area contributed by atoms with Gasteiger partial charge in [0.1, 0.15) is 0 Å². The van der Waals surface area contributed by atoms with Crippen LogP contribution in [-0.2, 0) is 14.8 Å². The standard InChI is InChI=1S/C25H26N2O6S/c1-14-6-11-21(12-15(14)2)34(31,32)27-20-9-7-19(8-10-20)25(30)33-13-22(29)24-16(3)23(18(5)28)17(4)26-24/h6-12,26-27H,13H2,1-5H3. The lowest BCUT2D eigenvalue weighted by molar-refractivity contribution is 0.0473. The SMILES string of the molecule is CC(=O)c1c(C)[nH]c(C(=O)COC(=O)c2ccc(NS(=O)(=O)c3ccc(C)c(C)c3)cc2)c1C. The second-order valence-corrected chi connectivity index (χ2v) is 9.79. The summed E-state index contributed by atoms with van der Waals surface area (Å²) in [7, 11) is -3.79. The molecule has 1 aromatic heterocycles. The number of aromatic nitrogens is 1. The van der Waals surface area contributed by atoms with Gasteiger partial charge in [0.2, 0.25) is 5.78 Å². The summed E-state index contributed by atoms with van der Waals surface area (Å²) in [5.41, 5.74) is 4.06. The Morgan fingerprint density at radius 1 is 0.941 bits per heavy atom. The lowest BCUT2D eigenvalue weighted by Gasteiger charge is -2.10. The van der Waals surface area contributed by atoms with Crippen molar-refractivity contribution in [2.24, 2.45) is 0 Å². The smallest absolute Gasteiger partial charge is 0.338 e. The molecule has 8 nitrogen and oxygen atoms in total. The van der Waals surface area contributed by atoms with Gasteiger partial charge in [-0.15, -0.1) is 0 Å². The molecule has 0 radical (unpaired) electrons. The molecule has 9 heteroatoms. The highest BCUT2D eigenvalue weighted by Crippen LogP contribution is 2.21. The van der Waals surface area contributed by atoms with E-state index in [0.29, 0.717) is 16.8 Å². The van der Waals surface area contributed by atoms with Crippen molar-refractivity contribution < 1.29 is 27.5 Å². The molecule has 3 aromatic rings. The Labute approximate surface area is 198 Å². The van der Waals surface area contributed by atoms with Gasteiger partial charge >= 0.3 is 5.97 Å². The number of Topliss-reactive ketones (excluding diaryl/α,β-unsaturated/α-hetero) is 2. The molecular weight excluding hydrogens is 456 g/mol. The first-order valence-electron chi connectivity index (χ1n) is 10.5. The van der Waals surface area contributed by atoms with E-state index in [0.717, 1.165) is 11.1 Å². The Morgan fingerprint density at radius 3 is 2.15 bits per heavy atom. The van der Waals surface area contributed by atoms with Crippen molar-refractivity contribution in [3.05, 3.63) is 81.7 Å². The molecule has 178 valence electrons. The number of rotatable bonds is 8. The van der Waals surface area contributed by atoms with Crippen LogP contribution in [0.2, 0.25) is 0 Å². The maximum atomic E-state index is 12.6. The molecule has 3 rings (SSSR count). The number of sulfonamides is 1. The molecule has 0 aliphatic rings. The second kappa shape index (κ2) is 9.64. The highest BCUT2D eigenvalue weighted by Gasteiger charge is 2.21. The van der Waals surface area contributed by atoms with Crippen molar-refractivity contribution in [2.45, 2.75) is 39.5 Å². The maximum absolute atomic E-state index is 12.6. The fourth-order valence-electron chi connectivity index (χ4n) is 3.61. The average Bonchev–Trinajstić information content (AvgIpc) is 3.08. The number of anilines is 1. The number of esters is 1. The van der Waals surface area contributed by atoms with Crippen molar-refractivity contribution in [2.75, 3.05) is 11.3 Å². The first-order valence-corrected chi connectivity index (χ1v) is 12.0. The lowest BCUT2D eigenvalue weighted by Crippen LogP contribution is -2.16. The zero-order valence-corrected chi connectivity index (χ0v) is 20.4. The molecule has 34 heavy (non-hydrogen) atoms. The summed E-state index contributed by atoms with van der Waals surface area (Å²) in [4.78, 5) is 39.6. The lowest BCUT2D eigenvalue weighted by atomic mass is 10.1. The van der Waals surface area contributed by atoms with Crippen LogP contribution in [-0.4, -0.2) is 37.5 Å². The third kappa shape index (κ3) is 5.26. The summed E-state index contributed by atoms with van der Waals surface area (Å²) >= 11 is 0. The topological polar surface area (TPSA) is 122 Å². The predicted octanol–water partition coefficient (Wildman–Crippen LogP) is 4.29. The van der Waals surface area contributed by atoms with Crippen LogP contribution in [0.25, 0.3) is 0 Å². The van der Waals surface area contributed by atoms with Crippen molar-refractivity contribution >= 4 is 33.2 Å². The molecule has 0 unspecified atom stereocenters. The average molecular weight is 483 g/mol. The Balaban J connectivity index is 1.65. The number of carbonyl (C=O) groups is 3. The molecule has 1 heterocycles. The Bertz CT molecular complexity index is 1390. The van der Waals surface area contributed by atoms with Gasteiger partial charge in [0.15, 0.2) is 12.4 Å². The first-order chi connectivity index (χ1) is 15.9. The van der Waals surface area contributed by atoms with E-state index < -0.39 is 28.4 Å². The summed E-state index contributed by atoms with van der Waals surface area (Å²) in [6.07, 6.45) is 0. The molecule has 0 bridgehead atoms. The van der Waals surface area contributed by atoms with E-state index in [4.69, 9.17) is 4.74 Å². The summed E-state index contributed by atoms with van der Waals surface area (Å²) in [6, 6.07) is 10.5. The zero-order valence-electron chi connectivity index (χ0n) is 19.6. The number of carbonyl (C=O) groups excluding carboxylic acids is 3. The van der Waals surface area contributed by atoms with Gasteiger partial charge < -0.3 is 9.72 Å². The van der Waals surface area contributed by atoms with E-state index in [1.54, 1.807) is 26.0 Å². The number of H-pyrrole nitrogens is 1. The highest BCUT2D eigenvalue weighted by atomic mass is 32.2. The van der Waals surface area contributed by atoms with Crippen LogP contribution in [0.5, 0.6) is 0 Å². The minimum absolute atomic E-state index is 0.139. The van der Waals surface area contributed by atoms with Crippen LogP contribution in [0.15, 0.2) is 47.4 Å². The van der Waals surface area contributed by atoms with Crippen molar-refractivity contribution in [3.63, 3.8) is 0 Å². The molecule has 0 fully saturated rings. The summed E-state index contributed by atoms with van der Waals surface area (Å²) in [5.74, 6) is -1.35. The van der Waals surface area contributed by atoms with Crippen LogP contribution in [0.3, 0.4) is 0 Å². The highest BCUT2D eigenvalue weighted by molar-refractivity contribution is 7.92. The molecule has 0 saturated carbocycles. The normalized spacial score (nSPS) is 11.2. The quantitative estimate of drug-likeness (QED) is 0.365. The molecule has 0 saturated heterocycles. The molecule has 0 aliphatic heterocycles. The van der Waals surface area contributed by atoms with E-state index >= 15 is 0 Å². The molecule has 0 aliphatic carbocycles. The first kappa shape index (κ1) is 24.9. The van der Waals surface area contributed by atoms with E-state index in [9.17, 15) is 22.8 Å². The monoisotopic (exact) mass is 482 g/mol. The van der Waals surface area contributed by atoms with Crippen LogP contribution >= 0.6 is 0 Å². The second-order valence-electron chi connectivity index (χ2n) is 8.11. The minimum Gasteiger partial charge on any atom is -0.454 e. The number of ether oxygens (including phenoxy) is 1. The molecule has 2 N–H and O–H groups in total. The van der Waals surface area contributed by atoms with E-state index in [-0.39, 0.29) is 27.6 Å². The van der Waals surface area contributed by atoms with E-state index in [1.165, 1.54) is 37.3 Å². The fourth-order valence-corrected chi connectivity index (χ4v) is 4.76. The third-order valence-corrected chi connectivity index (χ3v) is 6.94. The number of hydrogen-bond donors (Lipinski definition) is 2. The summed E-state index contributed by atoms with van der Waals surface area (Å²) in [5, 5.41) is 0. The van der Waals surface area contributed by atoms with Gasteiger partial charge in [0.05, 0.1) is 16.2 Å². The predicted molar refractivity (Wildman–Crippen MR) is 128 cm³/mol. The largest absolute Gasteiger partial charge is 0.454 e. The third-order valence-electron chi connectivity index (χ3n) is 5.56. The van der Waals surface area contributed by atoms with Crippen LogP contribution < -0.4 is 4.72 Å². The van der Waals surface area contributed by atoms with Crippen molar-refractivity contribution in [1.82, 2.24) is 4.98 Å².